The molecule has 1 aromatic heterocycles. The van der Waals surface area contributed by atoms with E-state index in [9.17, 15) is 8.78 Å². The van der Waals surface area contributed by atoms with Crippen molar-refractivity contribution in [1.29, 1.82) is 0 Å². The van der Waals surface area contributed by atoms with Crippen molar-refractivity contribution in [3.63, 3.8) is 0 Å². The Morgan fingerprint density at radius 2 is 2.00 bits per heavy atom. The van der Waals surface area contributed by atoms with Crippen LogP contribution in [0.25, 0.3) is 0 Å². The van der Waals surface area contributed by atoms with Gasteiger partial charge in [-0.2, -0.15) is 4.98 Å². The van der Waals surface area contributed by atoms with Crippen LogP contribution in [0.15, 0.2) is 24.4 Å². The highest BCUT2D eigenvalue weighted by Gasteiger charge is 2.08. The minimum Gasteiger partial charge on any atom is -0.338 e. The van der Waals surface area contributed by atoms with Gasteiger partial charge in [-0.1, -0.05) is 11.6 Å². The quantitative estimate of drug-likeness (QED) is 0.590. The van der Waals surface area contributed by atoms with Crippen LogP contribution in [0.2, 0.25) is 5.02 Å². The summed E-state index contributed by atoms with van der Waals surface area (Å²) in [4.78, 5) is 7.35. The molecule has 2 rings (SSSR count). The Morgan fingerprint density at radius 1 is 1.22 bits per heavy atom. The number of benzene rings is 1. The van der Waals surface area contributed by atoms with Crippen molar-refractivity contribution in [3.8, 4) is 0 Å². The molecule has 0 atom stereocenters. The van der Waals surface area contributed by atoms with Gasteiger partial charge in [-0.25, -0.2) is 19.6 Å². The highest BCUT2D eigenvalue weighted by molar-refractivity contribution is 6.31. The standard InChI is InChI=1S/C10H8ClF2N5/c11-6-3-5(1-2-7(6)12)16-9-8(13)4-15-10(17-9)18-14/h1-4H,14H2,(H2,15,16,17,18). The second-order valence-electron chi connectivity index (χ2n) is 3.29. The number of hydrogen-bond acceptors (Lipinski definition) is 5. The summed E-state index contributed by atoms with van der Waals surface area (Å²) in [5.41, 5.74) is 2.58. The Kier molecular flexibility index (Phi) is 3.54. The van der Waals surface area contributed by atoms with E-state index in [-0.39, 0.29) is 16.8 Å². The molecule has 0 aliphatic rings. The summed E-state index contributed by atoms with van der Waals surface area (Å²) in [5.74, 6) is 3.83. The summed E-state index contributed by atoms with van der Waals surface area (Å²) < 4.78 is 26.4. The van der Waals surface area contributed by atoms with Crippen molar-refractivity contribution in [2.75, 3.05) is 10.7 Å². The Balaban J connectivity index is 2.30. The number of nitrogens with two attached hydrogens (primary N) is 1. The molecule has 0 unspecified atom stereocenters. The summed E-state index contributed by atoms with van der Waals surface area (Å²) in [6.45, 7) is 0. The van der Waals surface area contributed by atoms with Crippen LogP contribution in [0.1, 0.15) is 0 Å². The molecule has 2 aromatic rings. The van der Waals surface area contributed by atoms with Crippen LogP contribution in [0.4, 0.5) is 26.2 Å². The van der Waals surface area contributed by atoms with Gasteiger partial charge in [0.15, 0.2) is 11.6 Å². The molecule has 18 heavy (non-hydrogen) atoms. The van der Waals surface area contributed by atoms with E-state index in [4.69, 9.17) is 17.4 Å². The summed E-state index contributed by atoms with van der Waals surface area (Å²) >= 11 is 5.60. The predicted molar refractivity (Wildman–Crippen MR) is 64.5 cm³/mol. The van der Waals surface area contributed by atoms with Gasteiger partial charge in [0.25, 0.3) is 0 Å². The number of hydrogen-bond donors (Lipinski definition) is 3. The number of rotatable bonds is 3. The fraction of sp³-hybridized carbons (Fsp3) is 0. The molecule has 0 saturated carbocycles. The van der Waals surface area contributed by atoms with Crippen LogP contribution in [0.5, 0.6) is 0 Å². The van der Waals surface area contributed by atoms with E-state index in [1.807, 2.05) is 0 Å². The molecule has 94 valence electrons. The largest absolute Gasteiger partial charge is 0.338 e. The number of nitrogen functional groups attached to an aromatic ring is 1. The van der Waals surface area contributed by atoms with Gasteiger partial charge in [-0.05, 0) is 18.2 Å². The van der Waals surface area contributed by atoms with E-state index in [1.54, 1.807) is 0 Å². The maximum Gasteiger partial charge on any atom is 0.239 e. The third-order valence-electron chi connectivity index (χ3n) is 2.06. The Bertz CT molecular complexity index is 578. The molecule has 0 aliphatic heterocycles. The molecule has 5 nitrogen and oxygen atoms in total. The summed E-state index contributed by atoms with van der Waals surface area (Å²) in [6.07, 6.45) is 0.954. The van der Waals surface area contributed by atoms with E-state index in [1.165, 1.54) is 12.1 Å². The molecule has 1 aromatic carbocycles. The minimum absolute atomic E-state index is 0.0482. The zero-order valence-electron chi connectivity index (χ0n) is 8.92. The molecule has 0 bridgehead atoms. The van der Waals surface area contributed by atoms with Gasteiger partial charge in [-0.3, -0.25) is 5.43 Å². The van der Waals surface area contributed by atoms with Crippen LogP contribution in [0.3, 0.4) is 0 Å². The van der Waals surface area contributed by atoms with Crippen LogP contribution in [-0.4, -0.2) is 9.97 Å². The third kappa shape index (κ3) is 2.63. The molecule has 0 radical (unpaired) electrons. The smallest absolute Gasteiger partial charge is 0.239 e. The van der Waals surface area contributed by atoms with Crippen LogP contribution in [0, 0.1) is 11.6 Å². The third-order valence-corrected chi connectivity index (χ3v) is 2.35. The minimum atomic E-state index is -0.672. The number of nitrogens with one attached hydrogen (secondary N) is 2. The molecular formula is C10H8ClF2N5. The number of hydrazine groups is 1. The normalized spacial score (nSPS) is 10.2. The van der Waals surface area contributed by atoms with Crippen LogP contribution in [-0.2, 0) is 0 Å². The van der Waals surface area contributed by atoms with Gasteiger partial charge in [0.05, 0.1) is 11.2 Å². The van der Waals surface area contributed by atoms with Gasteiger partial charge in [0, 0.05) is 5.69 Å². The maximum atomic E-state index is 13.4. The van der Waals surface area contributed by atoms with Gasteiger partial charge in [-0.15, -0.1) is 0 Å². The summed E-state index contributed by atoms with van der Waals surface area (Å²) in [6, 6.07) is 3.87. The van der Waals surface area contributed by atoms with Gasteiger partial charge < -0.3 is 5.32 Å². The molecule has 4 N–H and O–H groups in total. The molecule has 0 aliphatic carbocycles. The Hall–Kier alpha value is -1.99. The highest BCUT2D eigenvalue weighted by atomic mass is 35.5. The number of nitrogens with zero attached hydrogens (tertiary/aromatic N) is 2. The van der Waals surface area contributed by atoms with Crippen molar-refractivity contribution in [2.24, 2.45) is 5.84 Å². The first kappa shape index (κ1) is 12.5. The first-order valence-corrected chi connectivity index (χ1v) is 5.19. The fourth-order valence-electron chi connectivity index (χ4n) is 1.23. The predicted octanol–water partition coefficient (Wildman–Crippen LogP) is 2.44. The average molecular weight is 272 g/mol. The SMILES string of the molecule is NNc1ncc(F)c(Nc2ccc(F)c(Cl)c2)n1. The van der Waals surface area contributed by atoms with Crippen LogP contribution < -0.4 is 16.6 Å². The zero-order chi connectivity index (χ0) is 13.1. The van der Waals surface area contributed by atoms with Gasteiger partial charge in [0.1, 0.15) is 5.82 Å². The monoisotopic (exact) mass is 271 g/mol. The molecule has 0 saturated heterocycles. The van der Waals surface area contributed by atoms with E-state index in [0.717, 1.165) is 12.3 Å². The zero-order valence-corrected chi connectivity index (χ0v) is 9.67. The molecule has 8 heteroatoms. The van der Waals surface area contributed by atoms with E-state index in [2.05, 4.69) is 20.7 Å². The topological polar surface area (TPSA) is 75.9 Å². The van der Waals surface area contributed by atoms with E-state index < -0.39 is 11.6 Å². The Labute approximate surface area is 106 Å². The molecule has 0 amide bonds. The molecule has 1 heterocycles. The summed E-state index contributed by atoms with van der Waals surface area (Å²) in [5, 5.41) is 2.56. The highest BCUT2D eigenvalue weighted by Crippen LogP contribution is 2.23. The average Bonchev–Trinajstić information content (AvgIpc) is 2.36. The number of anilines is 3. The van der Waals surface area contributed by atoms with Crippen LogP contribution >= 0.6 is 11.6 Å². The lowest BCUT2D eigenvalue weighted by Crippen LogP contribution is -2.12. The van der Waals surface area contributed by atoms with Gasteiger partial charge in [0.2, 0.25) is 5.95 Å². The molecule has 0 fully saturated rings. The van der Waals surface area contributed by atoms with E-state index >= 15 is 0 Å². The lowest BCUT2D eigenvalue weighted by molar-refractivity contribution is 0.619. The lowest BCUT2D eigenvalue weighted by atomic mass is 10.3. The van der Waals surface area contributed by atoms with Crippen molar-refractivity contribution in [3.05, 3.63) is 41.1 Å². The van der Waals surface area contributed by atoms with E-state index in [0.29, 0.717) is 5.69 Å². The first-order chi connectivity index (χ1) is 8.60. The van der Waals surface area contributed by atoms with Crippen molar-refractivity contribution >= 4 is 29.1 Å². The van der Waals surface area contributed by atoms with Gasteiger partial charge >= 0.3 is 0 Å². The fourth-order valence-corrected chi connectivity index (χ4v) is 1.42. The molecular weight excluding hydrogens is 264 g/mol. The summed E-state index contributed by atoms with van der Waals surface area (Å²) in [7, 11) is 0. The first-order valence-electron chi connectivity index (χ1n) is 4.81. The maximum absolute atomic E-state index is 13.4. The number of halogens is 3. The Morgan fingerprint density at radius 3 is 2.67 bits per heavy atom. The van der Waals surface area contributed by atoms with Crippen molar-refractivity contribution < 1.29 is 8.78 Å². The lowest BCUT2D eigenvalue weighted by Gasteiger charge is -2.08. The molecule has 0 spiro atoms. The second-order valence-corrected chi connectivity index (χ2v) is 3.70. The van der Waals surface area contributed by atoms with Crippen molar-refractivity contribution in [1.82, 2.24) is 9.97 Å². The van der Waals surface area contributed by atoms with Crippen molar-refractivity contribution in [2.45, 2.75) is 0 Å². The number of aromatic nitrogens is 2. The second kappa shape index (κ2) is 5.11.